The van der Waals surface area contributed by atoms with Crippen molar-refractivity contribution in [1.29, 1.82) is 0 Å². The molecule has 0 aromatic heterocycles. The van der Waals surface area contributed by atoms with E-state index in [9.17, 15) is 9.59 Å². The minimum absolute atomic E-state index is 0.162. The Kier molecular flexibility index (Phi) is 3.67. The number of nitrogens with zero attached hydrogens (tertiary/aromatic N) is 1. The van der Waals surface area contributed by atoms with E-state index in [2.05, 4.69) is 5.32 Å². The predicted octanol–water partition coefficient (Wildman–Crippen LogP) is 3.05. The molecule has 1 aliphatic heterocycles. The number of benzene rings is 2. The van der Waals surface area contributed by atoms with Crippen LogP contribution in [-0.2, 0) is 9.59 Å². The third-order valence-electron chi connectivity index (χ3n) is 3.85. The molecule has 3 rings (SSSR count). The van der Waals surface area contributed by atoms with Crippen LogP contribution in [0.4, 0.5) is 11.4 Å². The predicted molar refractivity (Wildman–Crippen MR) is 86.9 cm³/mol. The molecule has 0 aliphatic carbocycles. The van der Waals surface area contributed by atoms with Gasteiger partial charge in [-0.15, -0.1) is 0 Å². The van der Waals surface area contributed by atoms with Gasteiger partial charge in [-0.1, -0.05) is 35.9 Å². The summed E-state index contributed by atoms with van der Waals surface area (Å²) in [6.45, 7) is 3.91. The Balaban J connectivity index is 1.85. The average molecular weight is 294 g/mol. The van der Waals surface area contributed by atoms with Gasteiger partial charge in [-0.2, -0.15) is 0 Å². The van der Waals surface area contributed by atoms with Gasteiger partial charge in [0.05, 0.1) is 12.1 Å². The topological polar surface area (TPSA) is 49.4 Å². The van der Waals surface area contributed by atoms with Gasteiger partial charge in [0.2, 0.25) is 5.91 Å². The number of amides is 2. The van der Waals surface area contributed by atoms with E-state index in [0.717, 1.165) is 16.8 Å². The molecule has 2 aromatic rings. The van der Waals surface area contributed by atoms with Crippen molar-refractivity contribution in [1.82, 2.24) is 0 Å². The summed E-state index contributed by atoms with van der Waals surface area (Å²) in [6, 6.07) is 14.7. The minimum atomic E-state index is -0.504. The molecule has 2 amide bonds. The van der Waals surface area contributed by atoms with Crippen molar-refractivity contribution < 1.29 is 9.59 Å². The van der Waals surface area contributed by atoms with Gasteiger partial charge >= 0.3 is 0 Å². The lowest BCUT2D eigenvalue weighted by molar-refractivity contribution is -0.121. The maximum atomic E-state index is 12.6. The Bertz CT molecular complexity index is 725. The van der Waals surface area contributed by atoms with E-state index < -0.39 is 6.04 Å². The molecule has 22 heavy (non-hydrogen) atoms. The standard InChI is InChI=1S/C18H18N2O2/c1-12-8-9-16(13(2)10-12)20-17(21)11-15(18(20)22)19-14-6-4-3-5-7-14/h3-10,15,19H,11H2,1-2H3. The zero-order valence-electron chi connectivity index (χ0n) is 12.7. The second-order valence-electron chi connectivity index (χ2n) is 5.62. The summed E-state index contributed by atoms with van der Waals surface area (Å²) in [5, 5.41) is 3.14. The number of rotatable bonds is 3. The lowest BCUT2D eigenvalue weighted by Gasteiger charge is -2.18. The second-order valence-corrected chi connectivity index (χ2v) is 5.62. The monoisotopic (exact) mass is 294 g/mol. The molecule has 0 spiro atoms. The number of carbonyl (C=O) groups excluding carboxylic acids is 2. The van der Waals surface area contributed by atoms with Gasteiger partial charge in [-0.3, -0.25) is 9.59 Å². The first-order valence-corrected chi connectivity index (χ1v) is 7.32. The first kappa shape index (κ1) is 14.3. The zero-order chi connectivity index (χ0) is 15.7. The van der Waals surface area contributed by atoms with Crippen LogP contribution in [0.5, 0.6) is 0 Å². The number of para-hydroxylation sites is 1. The molecule has 1 heterocycles. The Hall–Kier alpha value is -2.62. The van der Waals surface area contributed by atoms with Crippen LogP contribution in [0, 0.1) is 13.8 Å². The molecule has 4 nitrogen and oxygen atoms in total. The summed E-state index contributed by atoms with van der Waals surface area (Å²) in [4.78, 5) is 26.2. The van der Waals surface area contributed by atoms with Gasteiger partial charge in [-0.05, 0) is 37.6 Å². The van der Waals surface area contributed by atoms with Gasteiger partial charge < -0.3 is 5.32 Å². The van der Waals surface area contributed by atoms with Gasteiger partial charge in [0, 0.05) is 5.69 Å². The fraction of sp³-hybridized carbons (Fsp3) is 0.222. The Morgan fingerprint density at radius 1 is 1.05 bits per heavy atom. The highest BCUT2D eigenvalue weighted by atomic mass is 16.2. The molecule has 4 heteroatoms. The third-order valence-corrected chi connectivity index (χ3v) is 3.85. The van der Waals surface area contributed by atoms with Crippen LogP contribution in [0.2, 0.25) is 0 Å². The van der Waals surface area contributed by atoms with Crippen molar-refractivity contribution in [2.75, 3.05) is 10.2 Å². The van der Waals surface area contributed by atoms with Crippen LogP contribution < -0.4 is 10.2 Å². The molecule has 0 bridgehead atoms. The van der Waals surface area contributed by atoms with E-state index in [0.29, 0.717) is 5.69 Å². The quantitative estimate of drug-likeness (QED) is 0.885. The van der Waals surface area contributed by atoms with Gasteiger partial charge in [0.15, 0.2) is 0 Å². The largest absolute Gasteiger partial charge is 0.373 e. The molecule has 1 N–H and O–H groups in total. The lowest BCUT2D eigenvalue weighted by atomic mass is 10.1. The van der Waals surface area contributed by atoms with Crippen LogP contribution in [0.15, 0.2) is 48.5 Å². The molecule has 1 atom stereocenters. The highest BCUT2D eigenvalue weighted by Gasteiger charge is 2.40. The molecule has 2 aromatic carbocycles. The molecule has 112 valence electrons. The van der Waals surface area contributed by atoms with E-state index in [1.165, 1.54) is 4.90 Å². The molecular weight excluding hydrogens is 276 g/mol. The summed E-state index contributed by atoms with van der Waals surface area (Å²) in [7, 11) is 0. The van der Waals surface area contributed by atoms with Crippen LogP contribution in [-0.4, -0.2) is 17.9 Å². The van der Waals surface area contributed by atoms with Crippen molar-refractivity contribution in [3.63, 3.8) is 0 Å². The third kappa shape index (κ3) is 2.60. The van der Waals surface area contributed by atoms with Gasteiger partial charge in [0.25, 0.3) is 5.91 Å². The van der Waals surface area contributed by atoms with Gasteiger partial charge in [-0.25, -0.2) is 4.90 Å². The fourth-order valence-corrected chi connectivity index (χ4v) is 2.79. The van der Waals surface area contributed by atoms with Crippen molar-refractivity contribution in [3.8, 4) is 0 Å². The normalized spacial score (nSPS) is 17.9. The number of anilines is 2. The molecule has 1 unspecified atom stereocenters. The van der Waals surface area contributed by atoms with E-state index in [1.807, 2.05) is 62.4 Å². The summed E-state index contributed by atoms with van der Waals surface area (Å²) in [6.07, 6.45) is 0.182. The Labute approximate surface area is 129 Å². The number of hydrogen-bond acceptors (Lipinski definition) is 3. The van der Waals surface area contributed by atoms with Crippen molar-refractivity contribution in [3.05, 3.63) is 59.7 Å². The Morgan fingerprint density at radius 2 is 1.77 bits per heavy atom. The van der Waals surface area contributed by atoms with E-state index >= 15 is 0 Å². The second kappa shape index (κ2) is 5.64. The van der Waals surface area contributed by atoms with Gasteiger partial charge in [0.1, 0.15) is 6.04 Å². The number of nitrogens with one attached hydrogen (secondary N) is 1. The average Bonchev–Trinajstić information content (AvgIpc) is 2.75. The van der Waals surface area contributed by atoms with Crippen LogP contribution >= 0.6 is 0 Å². The van der Waals surface area contributed by atoms with Crippen molar-refractivity contribution >= 4 is 23.2 Å². The fourth-order valence-electron chi connectivity index (χ4n) is 2.79. The molecule has 1 aliphatic rings. The first-order chi connectivity index (χ1) is 10.6. The molecule has 0 radical (unpaired) electrons. The molecule has 1 saturated heterocycles. The van der Waals surface area contributed by atoms with E-state index in [4.69, 9.17) is 0 Å². The molecule has 0 saturated carbocycles. The lowest BCUT2D eigenvalue weighted by Crippen LogP contribution is -2.35. The van der Waals surface area contributed by atoms with E-state index in [-0.39, 0.29) is 18.2 Å². The highest BCUT2D eigenvalue weighted by molar-refractivity contribution is 6.23. The number of carbonyl (C=O) groups is 2. The van der Waals surface area contributed by atoms with Crippen molar-refractivity contribution in [2.45, 2.75) is 26.3 Å². The molecule has 1 fully saturated rings. The first-order valence-electron chi connectivity index (χ1n) is 7.32. The zero-order valence-corrected chi connectivity index (χ0v) is 12.7. The van der Waals surface area contributed by atoms with Crippen LogP contribution in [0.3, 0.4) is 0 Å². The highest BCUT2D eigenvalue weighted by Crippen LogP contribution is 2.28. The maximum absolute atomic E-state index is 12.6. The molecular formula is C18H18N2O2. The van der Waals surface area contributed by atoms with Crippen LogP contribution in [0.25, 0.3) is 0 Å². The number of imide groups is 1. The summed E-state index contributed by atoms with van der Waals surface area (Å²) in [5.74, 6) is -0.355. The maximum Gasteiger partial charge on any atom is 0.256 e. The van der Waals surface area contributed by atoms with Crippen LogP contribution in [0.1, 0.15) is 17.5 Å². The summed E-state index contributed by atoms with van der Waals surface area (Å²) < 4.78 is 0. The summed E-state index contributed by atoms with van der Waals surface area (Å²) >= 11 is 0. The summed E-state index contributed by atoms with van der Waals surface area (Å²) in [5.41, 5.74) is 3.57. The number of aryl methyl sites for hydroxylation is 2. The smallest absolute Gasteiger partial charge is 0.256 e. The SMILES string of the molecule is Cc1ccc(N2C(=O)CC(Nc3ccccc3)C2=O)c(C)c1. The Morgan fingerprint density at radius 3 is 2.45 bits per heavy atom. The van der Waals surface area contributed by atoms with Crippen molar-refractivity contribution in [2.24, 2.45) is 0 Å². The number of hydrogen-bond donors (Lipinski definition) is 1. The minimum Gasteiger partial charge on any atom is -0.373 e. The van der Waals surface area contributed by atoms with E-state index in [1.54, 1.807) is 0 Å².